The summed E-state index contributed by atoms with van der Waals surface area (Å²) in [4.78, 5) is 9.23. The van der Waals surface area contributed by atoms with Crippen LogP contribution in [-0.4, -0.2) is 14.5 Å². The van der Waals surface area contributed by atoms with Gasteiger partial charge in [0.15, 0.2) is 0 Å². The molecule has 0 N–H and O–H groups in total. The maximum atomic E-state index is 6.00. The van der Waals surface area contributed by atoms with Crippen LogP contribution in [0.5, 0.6) is 0 Å². The van der Waals surface area contributed by atoms with Gasteiger partial charge in [-0.15, -0.1) is 42.0 Å². The average Bonchev–Trinajstić information content (AvgIpc) is 3.75. The molecule has 3 heterocycles. The molecule has 3 aromatic heterocycles. The van der Waals surface area contributed by atoms with E-state index in [0.29, 0.717) is 0 Å². The molecule has 9 aromatic rings. The summed E-state index contributed by atoms with van der Waals surface area (Å²) in [5, 5.41) is 3.24. The Kier molecular flexibility index (Phi) is 8.57. The Morgan fingerprint density at radius 2 is 1.34 bits per heavy atom. The van der Waals surface area contributed by atoms with Gasteiger partial charge in [-0.3, -0.25) is 4.98 Å². The van der Waals surface area contributed by atoms with E-state index < -0.39 is 0 Å². The third kappa shape index (κ3) is 5.91. The molecule has 0 atom stereocenters. The smallest absolute Gasteiger partial charge is 0.0774 e. The molecule has 47 heavy (non-hydrogen) atoms. The minimum absolute atomic E-state index is 0. The number of aromatic nitrogens is 3. The van der Waals surface area contributed by atoms with Crippen LogP contribution in [0.3, 0.4) is 0 Å². The Morgan fingerprint density at radius 3 is 2.15 bits per heavy atom. The second-order valence-electron chi connectivity index (χ2n) is 10.9. The quantitative estimate of drug-likeness (QED) is 0.167. The van der Waals surface area contributed by atoms with E-state index >= 15 is 0 Å². The van der Waals surface area contributed by atoms with Crippen LogP contribution in [0, 0.1) is 12.3 Å². The zero-order valence-electron chi connectivity index (χ0n) is 25.2. The molecule has 5 heteroatoms. The molecule has 4 nitrogen and oxygen atoms in total. The first-order chi connectivity index (χ1) is 22.8. The van der Waals surface area contributed by atoms with Gasteiger partial charge >= 0.3 is 0 Å². The molecule has 0 unspecified atom stereocenters. The summed E-state index contributed by atoms with van der Waals surface area (Å²) in [5.41, 5.74) is 9.13. The Hall–Kier alpha value is -5.61. The number of para-hydroxylation sites is 2. The summed E-state index contributed by atoms with van der Waals surface area (Å²) >= 11 is 0. The topological polar surface area (TPSA) is 43.9 Å². The van der Waals surface area contributed by atoms with Gasteiger partial charge in [0.1, 0.15) is 0 Å². The van der Waals surface area contributed by atoms with Gasteiger partial charge in [0.2, 0.25) is 0 Å². The number of pyridine rings is 1. The third-order valence-electron chi connectivity index (χ3n) is 8.07. The second-order valence-corrected chi connectivity index (χ2v) is 10.9. The molecule has 0 aliphatic carbocycles. The van der Waals surface area contributed by atoms with Gasteiger partial charge in [-0.1, -0.05) is 108 Å². The molecule has 0 saturated heterocycles. The molecule has 0 spiro atoms. The van der Waals surface area contributed by atoms with E-state index in [1.54, 1.807) is 6.20 Å². The van der Waals surface area contributed by atoms with Gasteiger partial charge in [-0.05, 0) is 57.9 Å². The summed E-state index contributed by atoms with van der Waals surface area (Å²) in [6.07, 6.45) is 4.96. The Morgan fingerprint density at radius 1 is 0.596 bits per heavy atom. The number of benzene rings is 6. The molecular formula is C42H27IrN3O-2. The van der Waals surface area contributed by atoms with Crippen molar-refractivity contribution >= 4 is 32.8 Å². The summed E-state index contributed by atoms with van der Waals surface area (Å²) < 4.78 is 8.20. The van der Waals surface area contributed by atoms with E-state index in [1.807, 2.05) is 78.9 Å². The molecule has 0 amide bonds. The van der Waals surface area contributed by atoms with Gasteiger partial charge in [-0.25, -0.2) is 0 Å². The normalized spacial score (nSPS) is 10.8. The minimum atomic E-state index is 0. The number of hydrogen-bond acceptors (Lipinski definition) is 3. The van der Waals surface area contributed by atoms with Crippen molar-refractivity contribution < 1.29 is 24.5 Å². The fourth-order valence-corrected chi connectivity index (χ4v) is 5.84. The number of nitrogens with zero attached hydrogens (tertiary/aromatic N) is 3. The Balaban J connectivity index is 0.000000228. The van der Waals surface area contributed by atoms with Crippen LogP contribution in [0.4, 0.5) is 0 Å². The van der Waals surface area contributed by atoms with E-state index in [4.69, 9.17) is 9.40 Å². The van der Waals surface area contributed by atoms with E-state index in [2.05, 4.69) is 101 Å². The molecule has 0 saturated carbocycles. The van der Waals surface area contributed by atoms with Gasteiger partial charge in [-0.2, -0.15) is 0 Å². The monoisotopic (exact) mass is 782 g/mol. The van der Waals surface area contributed by atoms with Crippen LogP contribution in [0.25, 0.3) is 72.2 Å². The van der Waals surface area contributed by atoms with Crippen LogP contribution in [0.2, 0.25) is 0 Å². The number of imidazole rings is 1. The Labute approximate surface area is 286 Å². The van der Waals surface area contributed by atoms with E-state index in [9.17, 15) is 0 Å². The van der Waals surface area contributed by atoms with Crippen molar-refractivity contribution in [2.45, 2.75) is 0 Å². The summed E-state index contributed by atoms with van der Waals surface area (Å²) in [7, 11) is 0. The summed E-state index contributed by atoms with van der Waals surface area (Å²) in [6, 6.07) is 56.6. The van der Waals surface area contributed by atoms with Crippen molar-refractivity contribution in [3.8, 4) is 39.5 Å². The van der Waals surface area contributed by atoms with Crippen molar-refractivity contribution in [2.24, 2.45) is 0 Å². The molecule has 0 fully saturated rings. The predicted octanol–water partition coefficient (Wildman–Crippen LogP) is 10.6. The van der Waals surface area contributed by atoms with E-state index in [-0.39, 0.29) is 20.1 Å². The number of fused-ring (bicyclic) bond motifs is 4. The van der Waals surface area contributed by atoms with Gasteiger partial charge in [0.05, 0.1) is 16.9 Å². The molecule has 0 aliphatic heterocycles. The van der Waals surface area contributed by atoms with Crippen LogP contribution in [0.15, 0.2) is 168 Å². The molecular weight excluding hydrogens is 755 g/mol. The molecule has 1 radical (unpaired) electrons. The van der Waals surface area contributed by atoms with Crippen molar-refractivity contribution in [1.29, 1.82) is 0 Å². The van der Waals surface area contributed by atoms with Crippen molar-refractivity contribution in [3.05, 3.63) is 176 Å². The minimum Gasteiger partial charge on any atom is -0.557 e. The fourth-order valence-electron chi connectivity index (χ4n) is 5.84. The first kappa shape index (κ1) is 30.1. The Bertz CT molecular complexity index is 2360. The van der Waals surface area contributed by atoms with Gasteiger partial charge in [0, 0.05) is 43.8 Å². The summed E-state index contributed by atoms with van der Waals surface area (Å²) in [5.74, 6) is 0.822. The maximum absolute atomic E-state index is 6.00. The van der Waals surface area contributed by atoms with E-state index in [1.165, 1.54) is 11.1 Å². The van der Waals surface area contributed by atoms with Crippen molar-refractivity contribution in [3.63, 3.8) is 0 Å². The first-order valence-electron chi connectivity index (χ1n) is 15.2. The second kappa shape index (κ2) is 13.4. The molecule has 227 valence electrons. The SMILES string of the molecule is [Ir].[c-]1ccccc1-c1ccccn1.[c-]1oc2c(ccc3ccccc32)c1-c1nc2ccccc2n1-c1ccc(-c2ccccc2)cc1. The first-order valence-corrected chi connectivity index (χ1v) is 15.2. The van der Waals surface area contributed by atoms with Crippen LogP contribution >= 0.6 is 0 Å². The molecule has 0 aliphatic rings. The zero-order valence-corrected chi connectivity index (χ0v) is 27.6. The number of hydrogen-bond donors (Lipinski definition) is 0. The van der Waals surface area contributed by atoms with Crippen molar-refractivity contribution in [1.82, 2.24) is 14.5 Å². The van der Waals surface area contributed by atoms with Crippen LogP contribution < -0.4 is 0 Å². The van der Waals surface area contributed by atoms with Gasteiger partial charge in [0.25, 0.3) is 0 Å². The zero-order chi connectivity index (χ0) is 30.7. The van der Waals surface area contributed by atoms with Crippen LogP contribution in [-0.2, 0) is 20.1 Å². The molecule has 9 rings (SSSR count). The summed E-state index contributed by atoms with van der Waals surface area (Å²) in [6.45, 7) is 0. The predicted molar refractivity (Wildman–Crippen MR) is 187 cm³/mol. The fraction of sp³-hybridized carbons (Fsp3) is 0. The van der Waals surface area contributed by atoms with E-state index in [0.717, 1.165) is 61.1 Å². The molecule has 6 aromatic carbocycles. The number of furan rings is 1. The number of rotatable bonds is 4. The standard InChI is InChI=1S/C31H19N2O.C11H8N.Ir/c1-2-8-21(9-3-1)22-14-17-24(18-15-22)33-29-13-7-6-12-28(29)32-31(33)27-20-34-30-25-11-5-4-10-23(25)16-19-26(27)30;1-2-6-10(7-3-1)11-8-4-5-9-12-11;/h1-19H;1-6,8-9H;/q2*-1;. The van der Waals surface area contributed by atoms with Crippen molar-refractivity contribution in [2.75, 3.05) is 0 Å². The average molecular weight is 782 g/mol. The van der Waals surface area contributed by atoms with Crippen LogP contribution in [0.1, 0.15) is 0 Å². The third-order valence-corrected chi connectivity index (χ3v) is 8.07. The largest absolute Gasteiger partial charge is 0.557 e. The van der Waals surface area contributed by atoms with Gasteiger partial charge < -0.3 is 14.0 Å². The molecule has 0 bridgehead atoms. The maximum Gasteiger partial charge on any atom is 0.0774 e.